The summed E-state index contributed by atoms with van der Waals surface area (Å²) in [5.74, 6) is 0.841. The molecule has 0 bridgehead atoms. The molecule has 0 fully saturated rings. The molecule has 2 rings (SSSR count). The predicted molar refractivity (Wildman–Crippen MR) is 106 cm³/mol. The molecule has 5 heteroatoms. The van der Waals surface area contributed by atoms with Crippen molar-refractivity contribution in [3.8, 4) is 5.75 Å². The van der Waals surface area contributed by atoms with E-state index >= 15 is 0 Å². The molecule has 0 amide bonds. The summed E-state index contributed by atoms with van der Waals surface area (Å²) in [4.78, 5) is 4.30. The Labute approximate surface area is 149 Å². The second-order valence-corrected chi connectivity index (χ2v) is 5.76. The van der Waals surface area contributed by atoms with Crippen LogP contribution in [0.15, 0.2) is 71.3 Å². The van der Waals surface area contributed by atoms with Crippen LogP contribution in [0.4, 0.5) is 5.69 Å². The maximum atomic E-state index is 5.61. The Morgan fingerprint density at radius 3 is 2.84 bits per heavy atom. The number of allylic oxidation sites excluding steroid dienone is 1. The summed E-state index contributed by atoms with van der Waals surface area (Å²) >= 11 is 0. The molecular formula is C20H26N4O. The number of fused-ring (bicyclic) bond motifs is 1. The number of rotatable bonds is 7. The largest absolute Gasteiger partial charge is 0.485 e. The van der Waals surface area contributed by atoms with Crippen LogP contribution in [0.1, 0.15) is 19.4 Å². The molecule has 132 valence electrons. The fourth-order valence-corrected chi connectivity index (χ4v) is 2.58. The lowest BCUT2D eigenvalue weighted by Crippen LogP contribution is -2.19. The molecule has 0 radical (unpaired) electrons. The SMILES string of the molecule is C=C1COc2ccc(CNC(=C)C(=C)/C(NC)=C(/C)N=CC)cc2N1. The summed E-state index contributed by atoms with van der Waals surface area (Å²) in [7, 11) is 1.85. The fraction of sp³-hybridized carbons (Fsp3) is 0.250. The van der Waals surface area contributed by atoms with E-state index in [0.29, 0.717) is 13.2 Å². The lowest BCUT2D eigenvalue weighted by molar-refractivity contribution is 0.346. The van der Waals surface area contributed by atoms with Gasteiger partial charge in [-0.25, -0.2) is 0 Å². The van der Waals surface area contributed by atoms with Gasteiger partial charge in [0.15, 0.2) is 0 Å². The summed E-state index contributed by atoms with van der Waals surface area (Å²) < 4.78 is 5.61. The molecule has 0 atom stereocenters. The maximum absolute atomic E-state index is 5.61. The van der Waals surface area contributed by atoms with Gasteiger partial charge in [-0.1, -0.05) is 25.8 Å². The number of aliphatic imine (C=N–C) groups is 1. The Kier molecular flexibility index (Phi) is 6.06. The summed E-state index contributed by atoms with van der Waals surface area (Å²) in [6.07, 6.45) is 1.76. The van der Waals surface area contributed by atoms with Gasteiger partial charge in [0.25, 0.3) is 0 Å². The van der Waals surface area contributed by atoms with Crippen molar-refractivity contribution < 1.29 is 4.74 Å². The van der Waals surface area contributed by atoms with Crippen LogP contribution in [0.3, 0.4) is 0 Å². The molecule has 25 heavy (non-hydrogen) atoms. The minimum absolute atomic E-state index is 0.500. The van der Waals surface area contributed by atoms with E-state index in [1.807, 2.05) is 39.1 Å². The molecule has 5 nitrogen and oxygen atoms in total. The van der Waals surface area contributed by atoms with Gasteiger partial charge < -0.3 is 20.7 Å². The highest BCUT2D eigenvalue weighted by Gasteiger charge is 2.13. The van der Waals surface area contributed by atoms with Gasteiger partial charge in [0.2, 0.25) is 0 Å². The number of hydrogen-bond acceptors (Lipinski definition) is 5. The molecule has 3 N–H and O–H groups in total. The maximum Gasteiger partial charge on any atom is 0.143 e. The average Bonchev–Trinajstić information content (AvgIpc) is 2.60. The number of nitrogens with one attached hydrogen (secondary N) is 3. The van der Waals surface area contributed by atoms with Crippen LogP contribution >= 0.6 is 0 Å². The summed E-state index contributed by atoms with van der Waals surface area (Å²) in [6, 6.07) is 6.03. The monoisotopic (exact) mass is 338 g/mol. The highest BCUT2D eigenvalue weighted by atomic mass is 16.5. The zero-order valence-corrected chi connectivity index (χ0v) is 15.2. The lowest BCUT2D eigenvalue weighted by Gasteiger charge is -2.22. The second-order valence-electron chi connectivity index (χ2n) is 5.76. The van der Waals surface area contributed by atoms with Gasteiger partial charge in [0, 0.05) is 36.8 Å². The number of likely N-dealkylation sites (N-methyl/N-ethyl adjacent to an activating group) is 1. The van der Waals surface area contributed by atoms with E-state index in [0.717, 1.165) is 45.4 Å². The van der Waals surface area contributed by atoms with Gasteiger partial charge in [-0.2, -0.15) is 0 Å². The molecule has 1 aromatic rings. The topological polar surface area (TPSA) is 57.7 Å². The van der Waals surface area contributed by atoms with Crippen LogP contribution in [-0.2, 0) is 6.54 Å². The normalized spacial score (nSPS) is 14.1. The first-order valence-corrected chi connectivity index (χ1v) is 8.16. The molecule has 0 saturated carbocycles. The minimum atomic E-state index is 0.500. The Balaban J connectivity index is 2.04. The molecular weight excluding hydrogens is 312 g/mol. The van der Waals surface area contributed by atoms with E-state index < -0.39 is 0 Å². The first-order chi connectivity index (χ1) is 12.0. The summed E-state index contributed by atoms with van der Waals surface area (Å²) in [5.41, 5.74) is 6.17. The first-order valence-electron chi connectivity index (χ1n) is 8.16. The summed E-state index contributed by atoms with van der Waals surface area (Å²) in [6.45, 7) is 17.1. The van der Waals surface area contributed by atoms with Crippen molar-refractivity contribution in [1.82, 2.24) is 10.6 Å². The van der Waals surface area contributed by atoms with E-state index in [9.17, 15) is 0 Å². The fourth-order valence-electron chi connectivity index (χ4n) is 2.58. The van der Waals surface area contributed by atoms with E-state index in [1.54, 1.807) is 6.21 Å². The molecule has 0 aliphatic carbocycles. The molecule has 1 aliphatic heterocycles. The standard InChI is InChI=1S/C20H26N4O/c1-7-22-16(5)20(21-6)14(3)15(4)23-11-17-8-9-19-18(10-17)24-13(2)12-25-19/h7-10,21,23-24H,2-4,11-12H2,1,5-6H3/b20-16+,22-7?. The molecule has 0 aromatic heterocycles. The van der Waals surface area contributed by atoms with Gasteiger partial charge in [0.05, 0.1) is 17.1 Å². The van der Waals surface area contributed by atoms with Crippen molar-refractivity contribution in [2.24, 2.45) is 4.99 Å². The van der Waals surface area contributed by atoms with Gasteiger partial charge in [-0.05, 0) is 31.5 Å². The quantitative estimate of drug-likeness (QED) is 0.524. The second kappa shape index (κ2) is 8.24. The van der Waals surface area contributed by atoms with E-state index in [1.165, 1.54) is 0 Å². The van der Waals surface area contributed by atoms with Gasteiger partial charge in [0.1, 0.15) is 12.4 Å². The Bertz CT molecular complexity index is 759. The van der Waals surface area contributed by atoms with E-state index in [4.69, 9.17) is 4.74 Å². The van der Waals surface area contributed by atoms with E-state index in [2.05, 4.69) is 40.7 Å². The number of hydrogen-bond donors (Lipinski definition) is 3. The van der Waals surface area contributed by atoms with Gasteiger partial charge in [-0.3, -0.25) is 4.99 Å². The minimum Gasteiger partial charge on any atom is -0.485 e. The Morgan fingerprint density at radius 2 is 2.16 bits per heavy atom. The molecule has 0 spiro atoms. The smallest absolute Gasteiger partial charge is 0.143 e. The molecule has 1 aliphatic rings. The zero-order chi connectivity index (χ0) is 18.4. The number of ether oxygens (including phenoxy) is 1. The highest BCUT2D eigenvalue weighted by molar-refractivity contribution is 5.63. The molecule has 1 aromatic carbocycles. The van der Waals surface area contributed by atoms with Crippen molar-refractivity contribution in [2.45, 2.75) is 20.4 Å². The number of nitrogens with zero attached hydrogens (tertiary/aromatic N) is 1. The van der Waals surface area contributed by atoms with Gasteiger partial charge >= 0.3 is 0 Å². The Hall–Kier alpha value is -2.95. The zero-order valence-electron chi connectivity index (χ0n) is 15.2. The Morgan fingerprint density at radius 1 is 1.40 bits per heavy atom. The third-order valence-corrected chi connectivity index (χ3v) is 3.86. The van der Waals surface area contributed by atoms with Crippen molar-refractivity contribution in [3.63, 3.8) is 0 Å². The van der Waals surface area contributed by atoms with Crippen LogP contribution in [0.25, 0.3) is 0 Å². The lowest BCUT2D eigenvalue weighted by atomic mass is 10.1. The van der Waals surface area contributed by atoms with Crippen LogP contribution in [0.5, 0.6) is 5.75 Å². The molecule has 0 unspecified atom stereocenters. The number of benzene rings is 1. The van der Waals surface area contributed by atoms with Crippen molar-refractivity contribution in [3.05, 3.63) is 71.9 Å². The third-order valence-electron chi connectivity index (χ3n) is 3.86. The van der Waals surface area contributed by atoms with Gasteiger partial charge in [-0.15, -0.1) is 0 Å². The van der Waals surface area contributed by atoms with Crippen LogP contribution < -0.4 is 20.7 Å². The highest BCUT2D eigenvalue weighted by Crippen LogP contribution is 2.30. The number of anilines is 1. The van der Waals surface area contributed by atoms with Crippen LogP contribution in [-0.4, -0.2) is 19.9 Å². The first kappa shape index (κ1) is 18.4. The van der Waals surface area contributed by atoms with Crippen LogP contribution in [0.2, 0.25) is 0 Å². The predicted octanol–water partition coefficient (Wildman–Crippen LogP) is 3.71. The van der Waals surface area contributed by atoms with E-state index in [-0.39, 0.29) is 0 Å². The van der Waals surface area contributed by atoms with Crippen molar-refractivity contribution in [2.75, 3.05) is 19.0 Å². The average molecular weight is 338 g/mol. The van der Waals surface area contributed by atoms with Crippen LogP contribution in [0, 0.1) is 0 Å². The van der Waals surface area contributed by atoms with Crippen molar-refractivity contribution >= 4 is 11.9 Å². The van der Waals surface area contributed by atoms with Crippen molar-refractivity contribution in [1.29, 1.82) is 0 Å². The summed E-state index contributed by atoms with van der Waals surface area (Å²) in [5, 5.41) is 9.70. The molecule has 1 heterocycles. The third kappa shape index (κ3) is 4.53. The molecule has 0 saturated heterocycles.